The van der Waals surface area contributed by atoms with Gasteiger partial charge in [0, 0.05) is 28.0 Å². The quantitative estimate of drug-likeness (QED) is 0.666. The lowest BCUT2D eigenvalue weighted by molar-refractivity contribution is 0.402. The number of nitriles is 1. The third-order valence-corrected chi connectivity index (χ3v) is 5.01. The van der Waals surface area contributed by atoms with Gasteiger partial charge in [0.2, 0.25) is 0 Å². The monoisotopic (exact) mass is 411 g/mol. The van der Waals surface area contributed by atoms with Crippen LogP contribution in [0.5, 0.6) is 0 Å². The minimum Gasteiger partial charge on any atom is -0.401 e. The molecule has 0 saturated heterocycles. The molecular formula is C20H22BrN5. The van der Waals surface area contributed by atoms with Gasteiger partial charge in [0.15, 0.2) is 0 Å². The molecule has 1 aliphatic rings. The molecule has 1 heterocycles. The predicted molar refractivity (Wildman–Crippen MR) is 109 cm³/mol. The molecule has 6 heteroatoms. The number of nitrogens with zero attached hydrogens (tertiary/aromatic N) is 2. The fourth-order valence-electron chi connectivity index (χ4n) is 3.38. The van der Waals surface area contributed by atoms with Gasteiger partial charge in [0.25, 0.3) is 0 Å². The first-order chi connectivity index (χ1) is 12.5. The number of hydrogen-bond donors (Lipinski definition) is 3. The molecule has 2 aromatic rings. The van der Waals surface area contributed by atoms with Crippen LogP contribution in [0.1, 0.15) is 36.1 Å². The average Bonchev–Trinajstić information content (AvgIpc) is 2.73. The Labute approximate surface area is 162 Å². The van der Waals surface area contributed by atoms with Crippen LogP contribution >= 0.6 is 15.9 Å². The van der Waals surface area contributed by atoms with Crippen LogP contribution < -0.4 is 16.9 Å². The van der Waals surface area contributed by atoms with E-state index in [1.54, 1.807) is 5.01 Å². The highest BCUT2D eigenvalue weighted by Crippen LogP contribution is 2.36. The molecule has 1 aliphatic heterocycles. The van der Waals surface area contributed by atoms with Crippen molar-refractivity contribution in [2.75, 3.05) is 11.9 Å². The van der Waals surface area contributed by atoms with Gasteiger partial charge in [-0.2, -0.15) is 5.26 Å². The molecule has 0 saturated carbocycles. The van der Waals surface area contributed by atoms with E-state index in [0.29, 0.717) is 18.7 Å². The van der Waals surface area contributed by atoms with E-state index in [9.17, 15) is 0 Å². The Morgan fingerprint density at radius 1 is 1.35 bits per heavy atom. The summed E-state index contributed by atoms with van der Waals surface area (Å²) >= 11 is 3.58. The summed E-state index contributed by atoms with van der Waals surface area (Å²) in [4.78, 5) is 0. The van der Waals surface area contributed by atoms with E-state index >= 15 is 0 Å². The molecule has 0 fully saturated rings. The van der Waals surface area contributed by atoms with Crippen molar-refractivity contribution in [1.82, 2.24) is 5.01 Å². The maximum atomic E-state index is 8.93. The molecule has 0 amide bonds. The molecule has 2 aromatic carbocycles. The predicted octanol–water partition coefficient (Wildman–Crippen LogP) is 3.89. The van der Waals surface area contributed by atoms with Crippen LogP contribution in [0.2, 0.25) is 0 Å². The van der Waals surface area contributed by atoms with E-state index in [1.807, 2.05) is 37.3 Å². The second-order valence-electron chi connectivity index (χ2n) is 6.48. The number of hydrazine groups is 1. The molecule has 0 aromatic heterocycles. The number of rotatable bonds is 3. The minimum absolute atomic E-state index is 0.0859. The molecule has 0 spiro atoms. The summed E-state index contributed by atoms with van der Waals surface area (Å²) < 4.78 is 1.01. The van der Waals surface area contributed by atoms with Crippen LogP contribution in [0.4, 0.5) is 5.69 Å². The lowest BCUT2D eigenvalue weighted by Gasteiger charge is -2.22. The second-order valence-corrected chi connectivity index (χ2v) is 7.39. The standard InChI is InChI=1S/C20H22BrN5/c1-13(23)20-17-6-5-15(21)12-18(17)19(8-10-26(20)24)25-16-4-2-3-14(11-16)7-9-22/h2-6,11-12,19,25H,7-8,10,23-24H2,1H3/b20-13-. The summed E-state index contributed by atoms with van der Waals surface area (Å²) in [6.07, 6.45) is 1.23. The lowest BCUT2D eigenvalue weighted by Crippen LogP contribution is -2.31. The van der Waals surface area contributed by atoms with Crippen molar-refractivity contribution in [1.29, 1.82) is 5.26 Å². The topological polar surface area (TPSA) is 91.1 Å². The van der Waals surface area contributed by atoms with E-state index in [4.69, 9.17) is 16.8 Å². The highest BCUT2D eigenvalue weighted by Gasteiger charge is 2.25. The number of fused-ring (bicyclic) bond motifs is 1. The van der Waals surface area contributed by atoms with Crippen molar-refractivity contribution in [2.24, 2.45) is 11.6 Å². The summed E-state index contributed by atoms with van der Waals surface area (Å²) in [6, 6.07) is 16.4. The van der Waals surface area contributed by atoms with Crippen LogP contribution in [0.25, 0.3) is 5.70 Å². The SMILES string of the molecule is C/C(N)=C1\c2ccc(Br)cc2C(Nc2cccc(CC#N)c2)CCN1N. The molecule has 5 nitrogen and oxygen atoms in total. The van der Waals surface area contributed by atoms with Crippen molar-refractivity contribution >= 4 is 27.3 Å². The molecule has 0 bridgehead atoms. The van der Waals surface area contributed by atoms with Crippen LogP contribution in [-0.4, -0.2) is 11.6 Å². The van der Waals surface area contributed by atoms with Gasteiger partial charge in [-0.15, -0.1) is 0 Å². The Kier molecular flexibility index (Phi) is 5.50. The first kappa shape index (κ1) is 18.3. The van der Waals surface area contributed by atoms with Crippen molar-refractivity contribution in [3.05, 3.63) is 69.3 Å². The molecular weight excluding hydrogens is 390 g/mol. The summed E-state index contributed by atoms with van der Waals surface area (Å²) in [6.45, 7) is 2.56. The molecule has 3 rings (SSSR count). The summed E-state index contributed by atoms with van der Waals surface area (Å²) in [5.74, 6) is 6.27. The number of halogens is 1. The van der Waals surface area contributed by atoms with E-state index in [1.165, 1.54) is 0 Å². The normalized spacial score (nSPS) is 18.5. The van der Waals surface area contributed by atoms with Crippen molar-refractivity contribution in [3.63, 3.8) is 0 Å². The Balaban J connectivity index is 2.02. The zero-order valence-electron chi connectivity index (χ0n) is 14.7. The molecule has 5 N–H and O–H groups in total. The Hall–Kier alpha value is -2.49. The third kappa shape index (κ3) is 3.85. The highest BCUT2D eigenvalue weighted by atomic mass is 79.9. The fourth-order valence-corrected chi connectivity index (χ4v) is 3.76. The average molecular weight is 412 g/mol. The molecule has 26 heavy (non-hydrogen) atoms. The minimum atomic E-state index is 0.0859. The third-order valence-electron chi connectivity index (χ3n) is 4.51. The second kappa shape index (κ2) is 7.81. The van der Waals surface area contributed by atoms with Gasteiger partial charge < -0.3 is 16.1 Å². The molecule has 1 atom stereocenters. The first-order valence-corrected chi connectivity index (χ1v) is 9.29. The number of allylic oxidation sites excluding steroid dienone is 1. The van der Waals surface area contributed by atoms with Gasteiger partial charge in [0.05, 0.1) is 24.2 Å². The van der Waals surface area contributed by atoms with Gasteiger partial charge in [-0.05, 0) is 48.7 Å². The van der Waals surface area contributed by atoms with Crippen molar-refractivity contribution in [3.8, 4) is 6.07 Å². The van der Waals surface area contributed by atoms with Crippen LogP contribution in [-0.2, 0) is 6.42 Å². The molecule has 1 unspecified atom stereocenters. The van der Waals surface area contributed by atoms with Crippen LogP contribution in [0.3, 0.4) is 0 Å². The van der Waals surface area contributed by atoms with E-state index in [-0.39, 0.29) is 6.04 Å². The number of nitrogens with two attached hydrogens (primary N) is 2. The van der Waals surface area contributed by atoms with Gasteiger partial charge in [-0.1, -0.05) is 34.1 Å². The smallest absolute Gasteiger partial charge is 0.0777 e. The maximum Gasteiger partial charge on any atom is 0.0777 e. The van der Waals surface area contributed by atoms with Crippen molar-refractivity contribution in [2.45, 2.75) is 25.8 Å². The number of hydrogen-bond acceptors (Lipinski definition) is 5. The Bertz CT molecular complexity index is 880. The summed E-state index contributed by atoms with van der Waals surface area (Å²) in [5.41, 5.74) is 11.9. The number of anilines is 1. The Morgan fingerprint density at radius 3 is 2.88 bits per heavy atom. The van der Waals surface area contributed by atoms with Crippen molar-refractivity contribution < 1.29 is 0 Å². The molecule has 0 radical (unpaired) electrons. The summed E-state index contributed by atoms with van der Waals surface area (Å²) in [7, 11) is 0. The zero-order valence-corrected chi connectivity index (χ0v) is 16.3. The van der Waals surface area contributed by atoms with Gasteiger partial charge in [-0.3, -0.25) is 0 Å². The summed E-state index contributed by atoms with van der Waals surface area (Å²) in [5, 5.41) is 14.3. The van der Waals surface area contributed by atoms with E-state index in [2.05, 4.69) is 39.4 Å². The van der Waals surface area contributed by atoms with Crippen LogP contribution in [0, 0.1) is 11.3 Å². The molecule has 134 valence electrons. The molecule has 0 aliphatic carbocycles. The number of nitrogens with one attached hydrogen (secondary N) is 1. The lowest BCUT2D eigenvalue weighted by atomic mass is 9.96. The van der Waals surface area contributed by atoms with Gasteiger partial charge >= 0.3 is 0 Å². The highest BCUT2D eigenvalue weighted by molar-refractivity contribution is 9.10. The largest absolute Gasteiger partial charge is 0.401 e. The van der Waals surface area contributed by atoms with E-state index < -0.39 is 0 Å². The zero-order chi connectivity index (χ0) is 18.7. The maximum absolute atomic E-state index is 8.93. The van der Waals surface area contributed by atoms with E-state index in [0.717, 1.165) is 39.0 Å². The number of benzene rings is 2. The van der Waals surface area contributed by atoms with Gasteiger partial charge in [-0.25, -0.2) is 5.84 Å². The van der Waals surface area contributed by atoms with Gasteiger partial charge in [0.1, 0.15) is 0 Å². The Morgan fingerprint density at radius 2 is 2.15 bits per heavy atom. The fraction of sp³-hybridized carbons (Fsp3) is 0.250. The van der Waals surface area contributed by atoms with Crippen LogP contribution in [0.15, 0.2) is 52.6 Å². The first-order valence-electron chi connectivity index (χ1n) is 8.50.